The molecule has 2 fully saturated rings. The normalized spacial score (nSPS) is 25.5. The SMILES string of the molecule is CC(C)[C@@H](N)C(=O)N1CCC2(CCCC2)CC1. The van der Waals surface area contributed by atoms with Gasteiger partial charge in [-0.05, 0) is 37.0 Å². The highest BCUT2D eigenvalue weighted by Gasteiger charge is 2.38. The minimum Gasteiger partial charge on any atom is -0.341 e. The largest absolute Gasteiger partial charge is 0.341 e. The molecule has 2 rings (SSSR count). The second kappa shape index (κ2) is 4.97. The number of hydrogen-bond donors (Lipinski definition) is 1. The molecule has 0 unspecified atom stereocenters. The molecule has 0 aromatic rings. The van der Waals surface area contributed by atoms with Gasteiger partial charge in [-0.15, -0.1) is 0 Å². The minimum atomic E-state index is -0.312. The molecule has 1 saturated heterocycles. The van der Waals surface area contributed by atoms with E-state index in [0.29, 0.717) is 5.41 Å². The van der Waals surface area contributed by atoms with Gasteiger partial charge in [0.1, 0.15) is 0 Å². The Hall–Kier alpha value is -0.570. The fourth-order valence-corrected chi connectivity index (χ4v) is 3.32. The number of hydrogen-bond acceptors (Lipinski definition) is 2. The number of carbonyl (C=O) groups excluding carboxylic acids is 1. The lowest BCUT2D eigenvalue weighted by molar-refractivity contribution is -0.135. The summed E-state index contributed by atoms with van der Waals surface area (Å²) in [6, 6.07) is -0.312. The summed E-state index contributed by atoms with van der Waals surface area (Å²) in [5, 5.41) is 0. The van der Waals surface area contributed by atoms with Gasteiger partial charge in [0, 0.05) is 13.1 Å². The third-order valence-electron chi connectivity index (χ3n) is 4.80. The first-order valence-electron chi connectivity index (χ1n) is 7.08. The standard InChI is InChI=1S/C14H26N2O/c1-11(2)12(15)13(17)16-9-7-14(8-10-16)5-3-4-6-14/h11-12H,3-10,15H2,1-2H3/t12-/m1/s1. The van der Waals surface area contributed by atoms with Crippen molar-refractivity contribution in [1.82, 2.24) is 4.90 Å². The molecule has 1 spiro atoms. The van der Waals surface area contributed by atoms with E-state index in [-0.39, 0.29) is 17.9 Å². The van der Waals surface area contributed by atoms with Crippen molar-refractivity contribution in [3.05, 3.63) is 0 Å². The number of piperidine rings is 1. The molecule has 1 aliphatic carbocycles. The minimum absolute atomic E-state index is 0.160. The molecule has 3 nitrogen and oxygen atoms in total. The predicted molar refractivity (Wildman–Crippen MR) is 69.5 cm³/mol. The quantitative estimate of drug-likeness (QED) is 0.801. The summed E-state index contributed by atoms with van der Waals surface area (Å²) < 4.78 is 0. The van der Waals surface area contributed by atoms with Crippen LogP contribution in [-0.2, 0) is 4.79 Å². The first kappa shape index (κ1) is 12.9. The maximum atomic E-state index is 12.1. The third kappa shape index (κ3) is 2.65. The summed E-state index contributed by atoms with van der Waals surface area (Å²) in [4.78, 5) is 14.1. The van der Waals surface area contributed by atoms with Crippen LogP contribution in [0.5, 0.6) is 0 Å². The molecule has 1 atom stereocenters. The molecule has 1 amide bonds. The van der Waals surface area contributed by atoms with E-state index in [1.54, 1.807) is 0 Å². The van der Waals surface area contributed by atoms with Crippen molar-refractivity contribution in [2.45, 2.75) is 58.4 Å². The van der Waals surface area contributed by atoms with Crippen LogP contribution in [0.2, 0.25) is 0 Å². The summed E-state index contributed by atoms with van der Waals surface area (Å²) in [7, 11) is 0. The summed E-state index contributed by atoms with van der Waals surface area (Å²) >= 11 is 0. The molecule has 0 radical (unpaired) electrons. The smallest absolute Gasteiger partial charge is 0.239 e. The fourth-order valence-electron chi connectivity index (χ4n) is 3.32. The molecule has 0 aromatic carbocycles. The highest BCUT2D eigenvalue weighted by Crippen LogP contribution is 2.46. The fraction of sp³-hybridized carbons (Fsp3) is 0.929. The van der Waals surface area contributed by atoms with Gasteiger partial charge < -0.3 is 10.6 Å². The van der Waals surface area contributed by atoms with Crippen molar-refractivity contribution in [3.63, 3.8) is 0 Å². The van der Waals surface area contributed by atoms with Gasteiger partial charge in [0.15, 0.2) is 0 Å². The van der Waals surface area contributed by atoms with Gasteiger partial charge in [-0.3, -0.25) is 4.79 Å². The first-order chi connectivity index (χ1) is 8.04. The van der Waals surface area contributed by atoms with Crippen LogP contribution in [0, 0.1) is 11.3 Å². The van der Waals surface area contributed by atoms with Gasteiger partial charge >= 0.3 is 0 Å². The molecule has 0 aromatic heterocycles. The van der Waals surface area contributed by atoms with E-state index < -0.39 is 0 Å². The Morgan fingerprint density at radius 3 is 2.12 bits per heavy atom. The number of likely N-dealkylation sites (tertiary alicyclic amines) is 1. The molecular formula is C14H26N2O. The molecule has 0 bridgehead atoms. The zero-order chi connectivity index (χ0) is 12.5. The Morgan fingerprint density at radius 2 is 1.65 bits per heavy atom. The molecule has 2 N–H and O–H groups in total. The second-order valence-corrected chi connectivity index (χ2v) is 6.30. The summed E-state index contributed by atoms with van der Waals surface area (Å²) in [5.74, 6) is 0.401. The van der Waals surface area contributed by atoms with Crippen molar-refractivity contribution in [1.29, 1.82) is 0 Å². The monoisotopic (exact) mass is 238 g/mol. The average molecular weight is 238 g/mol. The van der Waals surface area contributed by atoms with Crippen LogP contribution in [-0.4, -0.2) is 29.9 Å². The van der Waals surface area contributed by atoms with Crippen LogP contribution in [0.3, 0.4) is 0 Å². The Labute approximate surface area is 105 Å². The maximum absolute atomic E-state index is 12.1. The Bertz CT molecular complexity index is 272. The molecule has 2 aliphatic rings. The molecule has 3 heteroatoms. The predicted octanol–water partition coefficient (Wildman–Crippen LogP) is 2.15. The van der Waals surface area contributed by atoms with Crippen molar-refractivity contribution >= 4 is 5.91 Å². The van der Waals surface area contributed by atoms with Crippen LogP contribution >= 0.6 is 0 Å². The topological polar surface area (TPSA) is 46.3 Å². The zero-order valence-electron chi connectivity index (χ0n) is 11.2. The summed E-state index contributed by atoms with van der Waals surface area (Å²) in [6.07, 6.45) is 7.93. The van der Waals surface area contributed by atoms with E-state index in [9.17, 15) is 4.79 Å². The molecule has 1 aliphatic heterocycles. The summed E-state index contributed by atoms with van der Waals surface area (Å²) in [5.41, 5.74) is 6.53. The summed E-state index contributed by atoms with van der Waals surface area (Å²) in [6.45, 7) is 5.90. The van der Waals surface area contributed by atoms with Gasteiger partial charge in [-0.2, -0.15) is 0 Å². The molecular weight excluding hydrogens is 212 g/mol. The number of amides is 1. The van der Waals surface area contributed by atoms with Crippen LogP contribution in [0.4, 0.5) is 0 Å². The molecule has 98 valence electrons. The van der Waals surface area contributed by atoms with Crippen molar-refractivity contribution in [2.75, 3.05) is 13.1 Å². The lowest BCUT2D eigenvalue weighted by Gasteiger charge is -2.40. The Balaban J connectivity index is 1.88. The van der Waals surface area contributed by atoms with Crippen molar-refractivity contribution in [3.8, 4) is 0 Å². The number of carbonyl (C=O) groups is 1. The van der Waals surface area contributed by atoms with Gasteiger partial charge in [0.2, 0.25) is 5.91 Å². The van der Waals surface area contributed by atoms with Gasteiger partial charge in [0.05, 0.1) is 6.04 Å². The number of rotatable bonds is 2. The van der Waals surface area contributed by atoms with Gasteiger partial charge in [-0.25, -0.2) is 0 Å². The van der Waals surface area contributed by atoms with Crippen LogP contribution < -0.4 is 5.73 Å². The van der Waals surface area contributed by atoms with Crippen LogP contribution in [0.15, 0.2) is 0 Å². The molecule has 17 heavy (non-hydrogen) atoms. The van der Waals surface area contributed by atoms with E-state index >= 15 is 0 Å². The lowest BCUT2D eigenvalue weighted by Crippen LogP contribution is -2.50. The van der Waals surface area contributed by atoms with Crippen molar-refractivity contribution < 1.29 is 4.79 Å². The third-order valence-corrected chi connectivity index (χ3v) is 4.80. The van der Waals surface area contributed by atoms with E-state index in [2.05, 4.69) is 0 Å². The van der Waals surface area contributed by atoms with E-state index in [0.717, 1.165) is 13.1 Å². The Morgan fingerprint density at radius 1 is 1.12 bits per heavy atom. The number of nitrogens with two attached hydrogens (primary N) is 1. The first-order valence-corrected chi connectivity index (χ1v) is 7.08. The number of nitrogens with zero attached hydrogens (tertiary/aromatic N) is 1. The van der Waals surface area contributed by atoms with Crippen molar-refractivity contribution in [2.24, 2.45) is 17.1 Å². The van der Waals surface area contributed by atoms with E-state index in [1.807, 2.05) is 18.7 Å². The molecule has 1 heterocycles. The maximum Gasteiger partial charge on any atom is 0.239 e. The van der Waals surface area contributed by atoms with E-state index in [4.69, 9.17) is 5.73 Å². The highest BCUT2D eigenvalue weighted by molar-refractivity contribution is 5.82. The van der Waals surface area contributed by atoms with Gasteiger partial charge in [0.25, 0.3) is 0 Å². The average Bonchev–Trinajstić information content (AvgIpc) is 2.76. The highest BCUT2D eigenvalue weighted by atomic mass is 16.2. The van der Waals surface area contributed by atoms with Crippen LogP contribution in [0.1, 0.15) is 52.4 Å². The molecule has 1 saturated carbocycles. The Kier molecular flexibility index (Phi) is 3.76. The van der Waals surface area contributed by atoms with Crippen LogP contribution in [0.25, 0.3) is 0 Å². The zero-order valence-corrected chi connectivity index (χ0v) is 11.2. The second-order valence-electron chi connectivity index (χ2n) is 6.30. The lowest BCUT2D eigenvalue weighted by atomic mass is 9.77. The van der Waals surface area contributed by atoms with Gasteiger partial charge in [-0.1, -0.05) is 26.7 Å². The van der Waals surface area contributed by atoms with E-state index in [1.165, 1.54) is 38.5 Å².